The maximum absolute atomic E-state index is 13.7. The predicted molar refractivity (Wildman–Crippen MR) is 557 cm³/mol. The molecule has 9 aromatic rings. The van der Waals surface area contributed by atoms with Crippen LogP contribution >= 0.6 is 34.8 Å². The molecule has 37 nitrogen and oxygen atoms in total. The predicted octanol–water partition coefficient (Wildman–Crippen LogP) is 12.9. The van der Waals surface area contributed by atoms with Gasteiger partial charge in [-0.3, -0.25) is 44.0 Å². The van der Waals surface area contributed by atoms with Crippen LogP contribution in [-0.2, 0) is 63.9 Å². The van der Waals surface area contributed by atoms with Crippen molar-refractivity contribution in [3.05, 3.63) is 246 Å². The maximum Gasteiger partial charge on any atom is 0.410 e. The van der Waals surface area contributed by atoms with E-state index < -0.39 is 41.0 Å². The van der Waals surface area contributed by atoms with E-state index in [4.69, 9.17) is 83.9 Å². The highest BCUT2D eigenvalue weighted by molar-refractivity contribution is 6.31. The summed E-state index contributed by atoms with van der Waals surface area (Å²) in [6, 6.07) is 26.8. The smallest absolute Gasteiger partial charge is 0.410 e. The summed E-state index contributed by atoms with van der Waals surface area (Å²) in [6.45, 7) is 16.4. The quantitative estimate of drug-likeness (QED) is 0.0364. The Morgan fingerprint density at radius 3 is 0.973 bits per heavy atom. The lowest BCUT2D eigenvalue weighted by atomic mass is 9.89. The third kappa shape index (κ3) is 22.5. The van der Waals surface area contributed by atoms with Crippen LogP contribution in [-0.4, -0.2) is 311 Å². The van der Waals surface area contributed by atoms with Gasteiger partial charge in [0.25, 0.3) is 17.7 Å². The molecule has 6 aliphatic heterocycles. The van der Waals surface area contributed by atoms with Gasteiger partial charge in [-0.15, -0.1) is 0 Å². The van der Waals surface area contributed by atoms with Gasteiger partial charge in [-0.1, -0.05) is 71.2 Å². The fraction of sp³-hybridized carbons (Fsp3) is 0.481. The Balaban J connectivity index is 0.000000140. The summed E-state index contributed by atoms with van der Waals surface area (Å²) >= 11 is 20.1. The van der Waals surface area contributed by atoms with Gasteiger partial charge in [0, 0.05) is 212 Å². The number of piperidine rings is 3. The lowest BCUT2D eigenvalue weighted by Crippen LogP contribution is -2.53. The minimum absolute atomic E-state index is 0.0302. The monoisotopic (exact) mass is 2080 g/mol. The number of piperazine rings is 3. The number of amides is 10. The summed E-state index contributed by atoms with van der Waals surface area (Å²) in [5.74, 6) is -0.479. The summed E-state index contributed by atoms with van der Waals surface area (Å²) in [6.07, 6.45) is 28.9. The molecule has 0 radical (unpaired) electrons. The summed E-state index contributed by atoms with van der Waals surface area (Å²) in [7, 11) is 10.5. The number of likely N-dealkylation sites (tertiary alicyclic amines) is 2. The van der Waals surface area contributed by atoms with Gasteiger partial charge in [-0.05, 0) is 225 Å². The van der Waals surface area contributed by atoms with Gasteiger partial charge in [-0.2, -0.15) is 0 Å². The van der Waals surface area contributed by atoms with Gasteiger partial charge in [0.15, 0.2) is 0 Å². The number of imidazole rings is 3. The fourth-order valence-electron chi connectivity index (χ4n) is 21.8. The van der Waals surface area contributed by atoms with Gasteiger partial charge in [-0.25, -0.2) is 38.9 Å². The molecule has 3 saturated carbocycles. The highest BCUT2D eigenvalue weighted by Crippen LogP contribution is 2.52. The van der Waals surface area contributed by atoms with E-state index in [9.17, 15) is 38.4 Å². The zero-order valence-corrected chi connectivity index (χ0v) is 87.3. The van der Waals surface area contributed by atoms with Crippen LogP contribution in [0.4, 0.5) is 24.0 Å². The Hall–Kier alpha value is -12.7. The Bertz CT molecular complexity index is 6520. The van der Waals surface area contributed by atoms with Crippen molar-refractivity contribution in [3.8, 4) is 0 Å². The molecule has 9 fully saturated rings. The number of aromatic nitrogens is 9. The summed E-state index contributed by atoms with van der Waals surface area (Å²) in [5.41, 5.74) is 19.0. The van der Waals surface area contributed by atoms with Crippen molar-refractivity contribution in [2.75, 3.05) is 139 Å². The van der Waals surface area contributed by atoms with E-state index in [1.165, 1.54) is 0 Å². The second-order valence-electron chi connectivity index (χ2n) is 41.3. The third-order valence-electron chi connectivity index (χ3n) is 30.8. The third-order valence-corrected chi connectivity index (χ3v) is 31.5. The number of ether oxygens (including phenoxy) is 6. The number of nitrogens with two attached hydrogens (primary N) is 1. The number of nitrogens with one attached hydrogen (secondary N) is 5. The van der Waals surface area contributed by atoms with Crippen molar-refractivity contribution in [1.82, 2.24) is 109 Å². The summed E-state index contributed by atoms with van der Waals surface area (Å²) in [5, 5.41) is 18.0. The highest BCUT2D eigenvalue weighted by atomic mass is 35.5. The van der Waals surface area contributed by atoms with E-state index in [0.29, 0.717) is 184 Å². The lowest BCUT2D eigenvalue weighted by molar-refractivity contribution is -0.134. The molecule has 148 heavy (non-hydrogen) atoms. The Kier molecular flexibility index (Phi) is 31.0. The first kappa shape index (κ1) is 104. The molecule has 12 heterocycles. The SMILES string of the molecule is COC1(C(=O)N[C@H](C2=Cc3cccnc3[C@@H](N3CCN(C(=O)OC4CCN(C(=O)NC(C)(C)C)CC4)CC3)c3ccc(Cl)cc32)c2cncn2C)CC1.COC1(C(=O)N[C@H](C2=Cc3cccnc3[C@@H](N3CCN(C(=O)OC4CCN(C(N)=O)CC4)CC3)c3ccc(Cl)cc32)c2cncn2C)CC1.COC1(C(=O)N[C@H](C2=Cc3cccnc3[C@@H](N3CCN(C(=O)OC4CCNCC4)CC3)c3ccc(Cl)cc32)c2cncn2C)CC1. The minimum atomic E-state index is -0.831. The van der Waals surface area contributed by atoms with E-state index >= 15 is 0 Å². The van der Waals surface area contributed by atoms with Crippen LogP contribution in [0.5, 0.6) is 0 Å². The number of urea groups is 2. The van der Waals surface area contributed by atoms with Crippen LogP contribution in [0.2, 0.25) is 15.1 Å². The van der Waals surface area contributed by atoms with Gasteiger partial charge in [0.1, 0.15) is 35.1 Å². The highest BCUT2D eigenvalue weighted by Gasteiger charge is 2.55. The van der Waals surface area contributed by atoms with Crippen molar-refractivity contribution >= 4 is 118 Å². The molecule has 6 aromatic heterocycles. The zero-order chi connectivity index (χ0) is 104. The molecule has 3 aromatic carbocycles. The molecular weight excluding hydrogens is 1950 g/mol. The van der Waals surface area contributed by atoms with Gasteiger partial charge in [0.2, 0.25) is 0 Å². The zero-order valence-electron chi connectivity index (χ0n) is 85.0. The Morgan fingerprint density at radius 1 is 0.405 bits per heavy atom. The number of benzene rings is 3. The molecular formula is C108H130Cl3N23O14. The molecule has 12 aliphatic rings. The van der Waals surface area contributed by atoms with Crippen LogP contribution in [0.3, 0.4) is 0 Å². The molecule has 21 rings (SSSR count). The van der Waals surface area contributed by atoms with Crippen molar-refractivity contribution in [2.45, 2.75) is 175 Å². The molecule has 0 bridgehead atoms. The number of halogens is 3. The first-order chi connectivity index (χ1) is 71.4. The largest absolute Gasteiger partial charge is 0.446 e. The average molecular weight is 2080 g/mol. The van der Waals surface area contributed by atoms with E-state index in [2.05, 4.69) is 86.6 Å². The van der Waals surface area contributed by atoms with Crippen LogP contribution in [0.15, 0.2) is 147 Å². The normalized spacial score (nSPS) is 21.2. The van der Waals surface area contributed by atoms with Gasteiger partial charge in [0.05, 0.1) is 108 Å². The first-order valence-corrected chi connectivity index (χ1v) is 52.3. The number of aryl methyl sites for hydroxylation is 3. The number of carbonyl (C=O) groups excluding carboxylic acids is 8. The number of pyridine rings is 3. The average Bonchev–Trinajstić information content (AvgIpc) is 1.58. The first-order valence-electron chi connectivity index (χ1n) is 51.2. The summed E-state index contributed by atoms with van der Waals surface area (Å²) < 4.78 is 40.4. The number of carbonyl (C=O) groups is 8. The number of methoxy groups -OCH3 is 3. The van der Waals surface area contributed by atoms with Crippen molar-refractivity contribution in [2.24, 2.45) is 26.9 Å². The van der Waals surface area contributed by atoms with E-state index in [-0.39, 0.29) is 84.0 Å². The number of rotatable bonds is 21. The molecule has 6 atom stereocenters. The van der Waals surface area contributed by atoms with Crippen LogP contribution in [0.25, 0.3) is 34.9 Å². The van der Waals surface area contributed by atoms with Crippen molar-refractivity contribution in [1.29, 1.82) is 0 Å². The van der Waals surface area contributed by atoms with Crippen LogP contribution < -0.4 is 32.3 Å². The summed E-state index contributed by atoms with van der Waals surface area (Å²) in [4.78, 5) is 149. The molecule has 40 heteroatoms. The molecule has 6 aliphatic carbocycles. The van der Waals surface area contributed by atoms with E-state index in [1.807, 2.05) is 152 Å². The maximum atomic E-state index is 13.7. The molecule has 0 spiro atoms. The lowest BCUT2D eigenvalue weighted by Gasteiger charge is -2.40. The molecule has 10 amide bonds. The minimum Gasteiger partial charge on any atom is -0.446 e. The van der Waals surface area contributed by atoms with Gasteiger partial charge < -0.3 is 98.9 Å². The molecule has 0 unspecified atom stereocenters. The van der Waals surface area contributed by atoms with E-state index in [1.54, 1.807) is 84.7 Å². The fourth-order valence-corrected chi connectivity index (χ4v) is 22.3. The Labute approximate surface area is 875 Å². The Morgan fingerprint density at radius 2 is 0.703 bits per heavy atom. The number of primary amides is 1. The molecule has 6 saturated heterocycles. The second-order valence-corrected chi connectivity index (χ2v) is 42.6. The number of fused-ring (bicyclic) bond motifs is 6. The van der Waals surface area contributed by atoms with Crippen LogP contribution in [0, 0.1) is 0 Å². The van der Waals surface area contributed by atoms with Crippen molar-refractivity contribution < 1.29 is 66.8 Å². The van der Waals surface area contributed by atoms with E-state index in [0.717, 1.165) is 127 Å². The second kappa shape index (κ2) is 44.2. The van der Waals surface area contributed by atoms with Crippen molar-refractivity contribution in [3.63, 3.8) is 0 Å². The number of hydrogen-bond acceptors (Lipinski definition) is 24. The number of nitrogens with zero attached hydrogens (tertiary/aromatic N) is 17. The molecule has 7 N–H and O–H groups in total. The molecule has 782 valence electrons. The van der Waals surface area contributed by atoms with Gasteiger partial charge >= 0.3 is 30.3 Å². The van der Waals surface area contributed by atoms with Crippen LogP contribution in [0.1, 0.15) is 218 Å². The number of hydrogen-bond donors (Lipinski definition) is 6. The standard InChI is InChI=1S/C39H49ClN8O5.C35H41ClN8O5.C34H40ClN7O4/c1-38(2,3)44-36(50)47-15-10-27(11-16-47)53-37(51)48-19-17-46(18-20-48)34-28-9-8-26(40)22-29(28)30(21-25-7-6-14-42-32(25)34)33(31-23-41-24-45(31)4)43-35(49)39(52-5)12-13-39;1-41-21-38-20-28(41)30(40-32(45)35(48-2)9-10-35)27-18-22-4-3-11-39-29(22)31(25-6-5-23(36)19-26(25)27)42-14-16-44(17-15-42)34(47)49-24-7-12-43(13-8-24)33(37)46;1-40-21-37-20-28(40)30(39-32(43)34(45-2)9-10-34)27-18-22-4-3-11-38-29(22)31(25-6-5-23(35)19-26(25)27)41-14-16-42(17-15-41)33(44)46-24-7-12-36-13-8-24/h6-9,14,21-24,27,33-34H,10-13,15-20H2,1-5H3,(H,43,49)(H,44,50);3-6,11,18-21,24,30-31H,7-10,12-17H2,1-2H3,(H2,37,46)(H,40,45);3-6,11,18-21,24,30-31,36H,7-10,12-17H2,1-2H3,(H,39,43)/t33-,34+;2*30-,31+/m111/s1. The topological polar surface area (TPSA) is 396 Å².